The number of Topliss-reactive ketones (excluding diaryl/α,β-unsaturated/α-hetero) is 1. The van der Waals surface area contributed by atoms with Gasteiger partial charge in [0.25, 0.3) is 0 Å². The highest BCUT2D eigenvalue weighted by atomic mass is 16.2. The first kappa shape index (κ1) is 20.2. The molecular weight excluding hydrogens is 364 g/mol. The van der Waals surface area contributed by atoms with Crippen molar-refractivity contribution in [2.24, 2.45) is 11.7 Å². The van der Waals surface area contributed by atoms with E-state index >= 15 is 0 Å². The van der Waals surface area contributed by atoms with Crippen LogP contribution in [0, 0.1) is 5.92 Å². The van der Waals surface area contributed by atoms with Gasteiger partial charge in [-0.15, -0.1) is 0 Å². The molecule has 4 rings (SSSR count). The summed E-state index contributed by atoms with van der Waals surface area (Å²) in [4.78, 5) is 27.7. The number of piperidine rings is 1. The van der Waals surface area contributed by atoms with E-state index in [1.165, 1.54) is 12.0 Å². The summed E-state index contributed by atoms with van der Waals surface area (Å²) in [6.07, 6.45) is 10.2. The van der Waals surface area contributed by atoms with E-state index in [1.54, 1.807) is 0 Å². The second-order valence-electron chi connectivity index (χ2n) is 8.89. The molecule has 0 bridgehead atoms. The standard InChI is InChI=1S/C23H34N4O2/c24-23(29)26-20-12-6-7-15-27(20)21(22(28)17-9-2-1-3-10-17)19-14-13-16-8-4-5-11-18(16)25-19/h4-5,8,11,17,19-21,25H,1-3,6-7,9-10,12-15H2,(H3,24,26,29). The molecule has 158 valence electrons. The Hall–Kier alpha value is -2.08. The van der Waals surface area contributed by atoms with Gasteiger partial charge in [-0.3, -0.25) is 9.69 Å². The normalized spacial score (nSPS) is 26.8. The molecule has 6 heteroatoms. The summed E-state index contributed by atoms with van der Waals surface area (Å²) in [5.41, 5.74) is 7.93. The molecule has 3 aliphatic rings. The molecule has 3 unspecified atom stereocenters. The van der Waals surface area contributed by atoms with Crippen LogP contribution >= 0.6 is 0 Å². The molecule has 0 radical (unpaired) electrons. The van der Waals surface area contributed by atoms with Crippen molar-refractivity contribution in [1.29, 1.82) is 0 Å². The summed E-state index contributed by atoms with van der Waals surface area (Å²) in [6.45, 7) is 0.827. The topological polar surface area (TPSA) is 87.5 Å². The summed E-state index contributed by atoms with van der Waals surface area (Å²) >= 11 is 0. The number of para-hydroxylation sites is 1. The maximum absolute atomic E-state index is 13.8. The highest BCUT2D eigenvalue weighted by Gasteiger charge is 2.42. The maximum atomic E-state index is 13.8. The molecule has 29 heavy (non-hydrogen) atoms. The zero-order valence-corrected chi connectivity index (χ0v) is 17.2. The van der Waals surface area contributed by atoms with Crippen molar-refractivity contribution in [2.75, 3.05) is 11.9 Å². The molecule has 2 fully saturated rings. The molecule has 2 aliphatic heterocycles. The van der Waals surface area contributed by atoms with Crippen molar-refractivity contribution in [3.05, 3.63) is 29.8 Å². The number of likely N-dealkylation sites (tertiary alicyclic amines) is 1. The number of fused-ring (bicyclic) bond motifs is 1. The number of nitrogens with two attached hydrogens (primary N) is 1. The first-order valence-electron chi connectivity index (χ1n) is 11.3. The molecule has 2 heterocycles. The Labute approximate surface area is 173 Å². The number of primary amides is 1. The van der Waals surface area contributed by atoms with Crippen molar-refractivity contribution in [3.63, 3.8) is 0 Å². The summed E-state index contributed by atoms with van der Waals surface area (Å²) < 4.78 is 0. The largest absolute Gasteiger partial charge is 0.380 e. The molecule has 2 amide bonds. The zero-order valence-electron chi connectivity index (χ0n) is 17.2. The number of hydrogen-bond donors (Lipinski definition) is 3. The zero-order chi connectivity index (χ0) is 20.2. The van der Waals surface area contributed by atoms with Gasteiger partial charge in [-0.05, 0) is 56.6 Å². The lowest BCUT2D eigenvalue weighted by Crippen LogP contribution is -2.63. The number of nitrogens with zero attached hydrogens (tertiary/aromatic N) is 1. The van der Waals surface area contributed by atoms with Gasteiger partial charge in [-0.2, -0.15) is 0 Å². The smallest absolute Gasteiger partial charge is 0.313 e. The number of anilines is 1. The Kier molecular flexibility index (Phi) is 6.38. The summed E-state index contributed by atoms with van der Waals surface area (Å²) in [6, 6.07) is 7.73. The number of amides is 2. The number of urea groups is 1. The van der Waals surface area contributed by atoms with Crippen molar-refractivity contribution in [3.8, 4) is 0 Å². The number of ketones is 1. The van der Waals surface area contributed by atoms with E-state index in [0.717, 1.165) is 70.0 Å². The number of benzene rings is 1. The van der Waals surface area contributed by atoms with Crippen LogP contribution in [0.25, 0.3) is 0 Å². The van der Waals surface area contributed by atoms with E-state index in [1.807, 2.05) is 6.07 Å². The van der Waals surface area contributed by atoms with E-state index in [9.17, 15) is 9.59 Å². The average molecular weight is 399 g/mol. The third-order valence-electron chi connectivity index (χ3n) is 6.97. The molecule has 1 saturated heterocycles. The van der Waals surface area contributed by atoms with Gasteiger partial charge in [0, 0.05) is 24.2 Å². The van der Waals surface area contributed by atoms with Crippen LogP contribution in [0.15, 0.2) is 24.3 Å². The van der Waals surface area contributed by atoms with E-state index in [0.29, 0.717) is 5.78 Å². The molecule has 6 nitrogen and oxygen atoms in total. The highest BCUT2D eigenvalue weighted by molar-refractivity contribution is 5.88. The fraction of sp³-hybridized carbons (Fsp3) is 0.652. The minimum Gasteiger partial charge on any atom is -0.380 e. The van der Waals surface area contributed by atoms with Crippen LogP contribution in [0.3, 0.4) is 0 Å². The number of hydrogen-bond acceptors (Lipinski definition) is 4. The number of carbonyl (C=O) groups is 2. The predicted octanol–water partition coefficient (Wildman–Crippen LogP) is 3.41. The van der Waals surface area contributed by atoms with Crippen LogP contribution in [0.4, 0.5) is 10.5 Å². The van der Waals surface area contributed by atoms with E-state index in [-0.39, 0.29) is 24.2 Å². The highest BCUT2D eigenvalue weighted by Crippen LogP contribution is 2.33. The van der Waals surface area contributed by atoms with Gasteiger partial charge in [0.15, 0.2) is 5.78 Å². The van der Waals surface area contributed by atoms with Crippen molar-refractivity contribution >= 4 is 17.5 Å². The fourth-order valence-electron chi connectivity index (χ4n) is 5.53. The van der Waals surface area contributed by atoms with Crippen molar-refractivity contribution in [1.82, 2.24) is 10.2 Å². The first-order chi connectivity index (χ1) is 14.1. The van der Waals surface area contributed by atoms with Crippen molar-refractivity contribution in [2.45, 2.75) is 82.5 Å². The van der Waals surface area contributed by atoms with Gasteiger partial charge in [0.2, 0.25) is 0 Å². The number of carbonyl (C=O) groups excluding carboxylic acids is 2. The lowest BCUT2D eigenvalue weighted by Gasteiger charge is -2.46. The van der Waals surface area contributed by atoms with Crippen LogP contribution in [-0.2, 0) is 11.2 Å². The van der Waals surface area contributed by atoms with Gasteiger partial charge >= 0.3 is 6.03 Å². The minimum atomic E-state index is -0.507. The van der Waals surface area contributed by atoms with Gasteiger partial charge in [-0.25, -0.2) is 4.79 Å². The number of nitrogens with one attached hydrogen (secondary N) is 2. The summed E-state index contributed by atoms with van der Waals surface area (Å²) in [7, 11) is 0. The average Bonchev–Trinajstić information content (AvgIpc) is 2.75. The van der Waals surface area contributed by atoms with E-state index in [4.69, 9.17) is 5.73 Å². The monoisotopic (exact) mass is 398 g/mol. The predicted molar refractivity (Wildman–Crippen MR) is 115 cm³/mol. The molecule has 1 aromatic carbocycles. The van der Waals surface area contributed by atoms with Crippen LogP contribution in [0.5, 0.6) is 0 Å². The summed E-state index contributed by atoms with van der Waals surface area (Å²) in [5.74, 6) is 0.503. The first-order valence-corrected chi connectivity index (χ1v) is 11.3. The second kappa shape index (κ2) is 9.16. The number of aryl methyl sites for hydroxylation is 1. The van der Waals surface area contributed by atoms with Gasteiger partial charge < -0.3 is 16.4 Å². The van der Waals surface area contributed by atoms with Crippen LogP contribution < -0.4 is 16.4 Å². The molecule has 1 saturated carbocycles. The third kappa shape index (κ3) is 4.58. The molecule has 0 spiro atoms. The molecule has 0 aromatic heterocycles. The third-order valence-corrected chi connectivity index (χ3v) is 6.97. The quantitative estimate of drug-likeness (QED) is 0.709. The Bertz CT molecular complexity index is 731. The fourth-order valence-corrected chi connectivity index (χ4v) is 5.53. The number of rotatable bonds is 5. The summed E-state index contributed by atoms with van der Waals surface area (Å²) in [5, 5.41) is 6.59. The molecule has 1 aliphatic carbocycles. The Morgan fingerprint density at radius 2 is 1.79 bits per heavy atom. The van der Waals surface area contributed by atoms with Crippen LogP contribution in [0.2, 0.25) is 0 Å². The van der Waals surface area contributed by atoms with Gasteiger partial charge in [0.05, 0.1) is 12.2 Å². The molecule has 3 atom stereocenters. The molecule has 1 aromatic rings. The van der Waals surface area contributed by atoms with Gasteiger partial charge in [-0.1, -0.05) is 37.5 Å². The van der Waals surface area contributed by atoms with Crippen LogP contribution in [-0.4, -0.2) is 41.5 Å². The van der Waals surface area contributed by atoms with E-state index in [2.05, 4.69) is 33.7 Å². The lowest BCUT2D eigenvalue weighted by atomic mass is 9.79. The molecule has 4 N–H and O–H groups in total. The minimum absolute atomic E-state index is 0.0644. The second-order valence-corrected chi connectivity index (χ2v) is 8.89. The molecular formula is C23H34N4O2. The Morgan fingerprint density at radius 1 is 1.03 bits per heavy atom. The Balaban J connectivity index is 1.61. The SMILES string of the molecule is NC(=O)NC1CCCCN1C(C(=O)C1CCCCC1)C1CCc2ccccc2N1. The van der Waals surface area contributed by atoms with E-state index < -0.39 is 6.03 Å². The van der Waals surface area contributed by atoms with Crippen molar-refractivity contribution < 1.29 is 9.59 Å². The maximum Gasteiger partial charge on any atom is 0.313 e. The Morgan fingerprint density at radius 3 is 2.59 bits per heavy atom. The van der Waals surface area contributed by atoms with Crippen LogP contribution in [0.1, 0.15) is 63.4 Å². The lowest BCUT2D eigenvalue weighted by molar-refractivity contribution is -0.132. The van der Waals surface area contributed by atoms with Gasteiger partial charge in [0.1, 0.15) is 0 Å².